The van der Waals surface area contributed by atoms with Gasteiger partial charge >= 0.3 is 36.4 Å². The summed E-state index contributed by atoms with van der Waals surface area (Å²) in [5.74, 6) is 0. The summed E-state index contributed by atoms with van der Waals surface area (Å²) in [6.45, 7) is 0. The van der Waals surface area contributed by atoms with E-state index >= 15 is 0 Å². The van der Waals surface area contributed by atoms with Crippen molar-refractivity contribution in [2.45, 2.75) is 0 Å². The Morgan fingerprint density at radius 3 is 1.78 bits per heavy atom. The van der Waals surface area contributed by atoms with Gasteiger partial charge in [0.2, 0.25) is 5.52 Å². The van der Waals surface area contributed by atoms with E-state index < -0.39 is 19.5 Å². The fourth-order valence-electron chi connectivity index (χ4n) is 1.31. The van der Waals surface area contributed by atoms with Crippen LogP contribution >= 0.6 is 0 Å². The van der Waals surface area contributed by atoms with Crippen LogP contribution in [0.1, 0.15) is 0 Å². The number of nitrogens with zero attached hydrogens (tertiary/aromatic N) is 1. The fraction of sp³-hybridized carbons (Fsp3) is 0.100. The molecule has 18 heavy (non-hydrogen) atoms. The van der Waals surface area contributed by atoms with Crippen molar-refractivity contribution in [2.75, 3.05) is 0 Å². The normalized spacial score (nSPS) is 15.3. The monoisotopic (exact) mass is 379 g/mol. The van der Waals surface area contributed by atoms with Crippen LogP contribution in [0.5, 0.6) is 0 Å². The molecule has 0 aliphatic carbocycles. The minimum atomic E-state index is -11.2. The number of aryl methyl sites for hydroxylation is 1. The Morgan fingerprint density at radius 2 is 1.28 bits per heavy atom. The predicted octanol–water partition coefficient (Wildman–Crippen LogP) is 3.80. The Hall–Kier alpha value is -0.972. The Labute approximate surface area is 102 Å². The van der Waals surface area contributed by atoms with Gasteiger partial charge < -0.3 is 0 Å². The van der Waals surface area contributed by atoms with Gasteiger partial charge in [-0.2, -0.15) is 0 Å². The summed E-state index contributed by atoms with van der Waals surface area (Å²) < 4.78 is 61.7. The van der Waals surface area contributed by atoms with Crippen LogP contribution in [0.2, 0.25) is 0 Å². The molecule has 0 fully saturated rings. The second-order valence-electron chi connectivity index (χ2n) is 3.64. The van der Waals surface area contributed by atoms with Crippen LogP contribution in [-0.2, 0) is 7.05 Å². The summed E-state index contributed by atoms with van der Waals surface area (Å²) in [4.78, 5) is 0. The first-order chi connectivity index (χ1) is 7.83. The Bertz CT molecular complexity index is 546. The average molecular weight is 380 g/mol. The number of hydrogen-bond acceptors (Lipinski definition) is 0. The Morgan fingerprint density at radius 1 is 0.833 bits per heavy atom. The van der Waals surface area contributed by atoms with E-state index in [1.54, 1.807) is 0 Å². The number of rotatable bonds is 0. The second kappa shape index (κ2) is 4.01. The number of benzene rings is 1. The van der Waals surface area contributed by atoms with Crippen molar-refractivity contribution in [3.63, 3.8) is 0 Å². The SMILES string of the molecule is C[n+]1cccc2ccccc21.[F][Sb-]([F])([F])([F])([F])[F]. The van der Waals surface area contributed by atoms with E-state index in [1.807, 2.05) is 0 Å². The quantitative estimate of drug-likeness (QED) is 0.372. The van der Waals surface area contributed by atoms with Crippen LogP contribution < -0.4 is 4.57 Å². The molecule has 1 heterocycles. The van der Waals surface area contributed by atoms with Crippen molar-refractivity contribution >= 4 is 30.4 Å². The van der Waals surface area contributed by atoms with E-state index in [0.29, 0.717) is 0 Å². The van der Waals surface area contributed by atoms with Gasteiger partial charge in [-0.05, 0) is 12.1 Å². The third-order valence-electron chi connectivity index (χ3n) is 1.90. The zero-order valence-corrected chi connectivity index (χ0v) is 11.8. The summed E-state index contributed by atoms with van der Waals surface area (Å²) >= 11 is -11.2. The van der Waals surface area contributed by atoms with E-state index in [0.717, 1.165) is 0 Å². The molecule has 2 aromatic rings. The van der Waals surface area contributed by atoms with Crippen LogP contribution in [0.3, 0.4) is 0 Å². The average Bonchev–Trinajstić information content (AvgIpc) is 2.14. The molecule has 0 atom stereocenters. The topological polar surface area (TPSA) is 3.88 Å². The van der Waals surface area contributed by atoms with Crippen molar-refractivity contribution in [3.8, 4) is 0 Å². The molecule has 0 N–H and O–H groups in total. The van der Waals surface area contributed by atoms with Crippen LogP contribution in [-0.4, -0.2) is 19.5 Å². The van der Waals surface area contributed by atoms with Gasteiger partial charge in [-0.25, -0.2) is 4.57 Å². The first kappa shape index (κ1) is 15.1. The molecular weight excluding hydrogens is 370 g/mol. The summed E-state index contributed by atoms with van der Waals surface area (Å²) in [5, 5.41) is 1.29. The van der Waals surface area contributed by atoms with Gasteiger partial charge in [0.25, 0.3) is 0 Å². The standard InChI is InChI=1S/C10H10N.6FH.Sb/c1-11-8-4-6-9-5-2-3-7-10(9)11;;;;;;;/h2-8H,1H3;6*1H;/q+1;;;;;;;+5/p-6. The van der Waals surface area contributed by atoms with Crippen molar-refractivity contribution in [1.29, 1.82) is 0 Å². The molecule has 0 bridgehead atoms. The van der Waals surface area contributed by atoms with Crippen LogP contribution in [0.15, 0.2) is 42.6 Å². The molecule has 1 aromatic heterocycles. The maximum atomic E-state index is 9.93. The molecule has 1 aromatic carbocycles. The molecule has 1 nitrogen and oxygen atoms in total. The number of pyridine rings is 1. The van der Waals surface area contributed by atoms with Crippen LogP contribution in [0.4, 0.5) is 16.9 Å². The van der Waals surface area contributed by atoms with Gasteiger partial charge in [0.1, 0.15) is 7.05 Å². The number of hydrogen-bond donors (Lipinski definition) is 0. The van der Waals surface area contributed by atoms with E-state index in [4.69, 9.17) is 0 Å². The third kappa shape index (κ3) is 7.37. The number of fused-ring (bicyclic) bond motifs is 1. The third-order valence-corrected chi connectivity index (χ3v) is 1.90. The van der Waals surface area contributed by atoms with Gasteiger partial charge in [-0.1, -0.05) is 12.1 Å². The molecule has 0 saturated heterocycles. The molecule has 102 valence electrons. The summed E-state index contributed by atoms with van der Waals surface area (Å²) in [5.41, 5.74) is 1.27. The van der Waals surface area contributed by atoms with Gasteiger partial charge in [0, 0.05) is 17.5 Å². The first-order valence-electron chi connectivity index (χ1n) is 4.73. The molecule has 0 unspecified atom stereocenters. The molecule has 0 aliphatic heterocycles. The van der Waals surface area contributed by atoms with Crippen molar-refractivity contribution in [3.05, 3.63) is 42.6 Å². The van der Waals surface area contributed by atoms with Gasteiger partial charge in [0.05, 0.1) is 0 Å². The molecule has 0 saturated carbocycles. The van der Waals surface area contributed by atoms with Crippen molar-refractivity contribution < 1.29 is 21.4 Å². The van der Waals surface area contributed by atoms with Gasteiger partial charge in [-0.15, -0.1) is 0 Å². The summed E-state index contributed by atoms with van der Waals surface area (Å²) in [6.07, 6.45) is 2.06. The first-order valence-corrected chi connectivity index (χ1v) is 10.5. The zero-order chi connectivity index (χ0) is 14.1. The number of halogens is 6. The molecule has 0 spiro atoms. The Kier molecular flexibility index (Phi) is 3.36. The van der Waals surface area contributed by atoms with Gasteiger partial charge in [-0.3, -0.25) is 0 Å². The summed E-state index contributed by atoms with van der Waals surface area (Å²) in [6, 6.07) is 12.5. The van der Waals surface area contributed by atoms with E-state index in [-0.39, 0.29) is 0 Å². The molecule has 8 heteroatoms. The summed E-state index contributed by atoms with van der Waals surface area (Å²) in [7, 11) is 2.06. The Balaban J connectivity index is 0.000000203. The molecule has 0 radical (unpaired) electrons. The maximum absolute atomic E-state index is 11.2. The van der Waals surface area contributed by atoms with Crippen molar-refractivity contribution in [1.82, 2.24) is 0 Å². The predicted molar refractivity (Wildman–Crippen MR) is 57.5 cm³/mol. The van der Waals surface area contributed by atoms with E-state index in [1.165, 1.54) is 10.9 Å². The fourth-order valence-corrected chi connectivity index (χ4v) is 1.31. The molecular formula is C10H10F6NSb. The van der Waals surface area contributed by atoms with E-state index in [9.17, 15) is 16.9 Å². The van der Waals surface area contributed by atoms with Crippen LogP contribution in [0.25, 0.3) is 10.9 Å². The number of para-hydroxylation sites is 1. The molecule has 2 rings (SSSR count). The number of aromatic nitrogens is 1. The molecule has 0 amide bonds. The van der Waals surface area contributed by atoms with E-state index in [2.05, 4.69) is 54.2 Å². The van der Waals surface area contributed by atoms with Crippen molar-refractivity contribution in [2.24, 2.45) is 7.05 Å². The van der Waals surface area contributed by atoms with Gasteiger partial charge in [0.15, 0.2) is 6.20 Å². The molecule has 0 aliphatic rings. The second-order valence-corrected chi connectivity index (χ2v) is 9.11. The zero-order valence-electron chi connectivity index (χ0n) is 9.20. The minimum absolute atomic E-state index is 1.27. The van der Waals surface area contributed by atoms with Crippen LogP contribution in [0, 0.1) is 0 Å².